The van der Waals surface area contributed by atoms with Gasteiger partial charge in [0, 0.05) is 57.8 Å². The van der Waals surface area contributed by atoms with E-state index in [1.165, 1.54) is 11.3 Å². The van der Waals surface area contributed by atoms with Crippen molar-refractivity contribution in [3.63, 3.8) is 0 Å². The third-order valence-electron chi connectivity index (χ3n) is 13.4. The second-order valence-corrected chi connectivity index (χ2v) is 20.8. The summed E-state index contributed by atoms with van der Waals surface area (Å²) >= 11 is 3.04. The van der Waals surface area contributed by atoms with E-state index in [4.69, 9.17) is 36.8 Å². The van der Waals surface area contributed by atoms with Gasteiger partial charge in [0.15, 0.2) is 34.6 Å². The first-order valence-corrected chi connectivity index (χ1v) is 27.6. The van der Waals surface area contributed by atoms with Gasteiger partial charge in [-0.05, 0) is 115 Å². The fourth-order valence-electron chi connectivity index (χ4n) is 8.89. The van der Waals surface area contributed by atoms with Gasteiger partial charge in [0.25, 0.3) is 0 Å². The summed E-state index contributed by atoms with van der Waals surface area (Å²) in [4.78, 5) is 21.9. The van der Waals surface area contributed by atoms with Crippen LogP contribution in [0.5, 0.6) is 0 Å². The van der Waals surface area contributed by atoms with Crippen LogP contribution in [0, 0.1) is 63.2 Å². The lowest BCUT2D eigenvalue weighted by atomic mass is 9.87. The maximum Gasteiger partial charge on any atom is 0.237 e. The topological polar surface area (TPSA) is 246 Å². The predicted molar refractivity (Wildman–Crippen MR) is 325 cm³/mol. The van der Waals surface area contributed by atoms with Gasteiger partial charge in [-0.15, -0.1) is 22.7 Å². The first-order valence-electron chi connectivity index (χ1n) is 26.0. The number of nitrogens with zero attached hydrogens (tertiary/aromatic N) is 8. The Kier molecular flexibility index (Phi) is 23.0. The first-order chi connectivity index (χ1) is 40.3. The van der Waals surface area contributed by atoms with E-state index < -0.39 is 11.2 Å². The molecular formula is C66H58N8O7S2. The van der Waals surface area contributed by atoms with E-state index >= 15 is 0 Å². The Bertz CT molecular complexity index is 3680. The number of nitriles is 5. The number of carbonyl (C=O) groups is 1. The summed E-state index contributed by atoms with van der Waals surface area (Å²) in [6.45, 7) is 15.3. The molecule has 2 aliphatic heterocycles. The number of aldehydes is 1. The zero-order valence-corrected chi connectivity index (χ0v) is 47.4. The average molecular weight is 1140 g/mol. The predicted octanol–water partition coefficient (Wildman–Crippen LogP) is 11.7. The largest absolute Gasteiger partial charge is 0.488 e. The fraction of sp³-hybridized carbons (Fsp3) is 0.197. The SMILES string of the molecule is CC1=C(C#N)C(=C(C#N)C#N)OC1(C)c1ccccc1.O=Cc1ccc(/C=C/c2ccc(N(CCO)CCO)cc2)s1.[C-]#[N+]C1=C(/C=C/c2ccc(/C=C/c3ccc(N(CCO)CCO)cc3)s2)C(C)(c2ccccc2)OC1=C(C#N)C#N. The second kappa shape index (κ2) is 30.6. The van der Waals surface area contributed by atoms with Crippen molar-refractivity contribution in [3.8, 4) is 30.3 Å². The van der Waals surface area contributed by atoms with Crippen LogP contribution >= 0.6 is 22.7 Å². The Morgan fingerprint density at radius 3 is 1.31 bits per heavy atom. The van der Waals surface area contributed by atoms with Crippen molar-refractivity contribution in [2.24, 2.45) is 0 Å². The summed E-state index contributed by atoms with van der Waals surface area (Å²) in [5.74, 6) is 0.0778. The minimum atomic E-state index is -1.04. The third kappa shape index (κ3) is 15.5. The normalized spacial score (nSPS) is 16.0. The number of rotatable bonds is 19. The van der Waals surface area contributed by atoms with Crippen LogP contribution in [0.25, 0.3) is 35.2 Å². The van der Waals surface area contributed by atoms with Crippen LogP contribution in [-0.4, -0.2) is 79.3 Å². The van der Waals surface area contributed by atoms with E-state index in [2.05, 4.69) is 4.85 Å². The van der Waals surface area contributed by atoms with E-state index in [-0.39, 0.29) is 60.4 Å². The molecule has 0 saturated carbocycles. The highest BCUT2D eigenvalue weighted by Crippen LogP contribution is 2.48. The molecule has 2 aliphatic rings. The number of aliphatic hydroxyl groups is 4. The van der Waals surface area contributed by atoms with Crippen LogP contribution in [0.4, 0.5) is 11.4 Å². The molecule has 83 heavy (non-hydrogen) atoms. The zero-order chi connectivity index (χ0) is 59.8. The molecule has 0 fully saturated rings. The molecule has 4 heterocycles. The van der Waals surface area contributed by atoms with Gasteiger partial charge >= 0.3 is 0 Å². The van der Waals surface area contributed by atoms with Crippen molar-refractivity contribution in [1.82, 2.24) is 0 Å². The van der Waals surface area contributed by atoms with E-state index in [0.29, 0.717) is 37.3 Å². The highest BCUT2D eigenvalue weighted by molar-refractivity contribution is 7.14. The van der Waals surface area contributed by atoms with Crippen LogP contribution in [-0.2, 0) is 20.7 Å². The molecule has 2 unspecified atom stereocenters. The molecule has 4 aromatic carbocycles. The molecule has 0 amide bonds. The summed E-state index contributed by atoms with van der Waals surface area (Å²) in [5.41, 5.74) is 5.08. The molecule has 0 bridgehead atoms. The standard InChI is InChI=1S/C33H28N4O3S.C17H19NO3S.C16H11N3O/c1-33(26-6-4-3-5-7-26)30(31(36-2)32(40-33)25(22-34)23-35)17-16-29-15-14-28(41-29)13-10-24-8-11-27(12-9-24)37(18-20-38)19-21-39;19-11-9-18(10-12-20)15-4-1-14(2-5-15)3-6-16-7-8-17(13-21)22-16;1-11-14(10-19)15(12(8-17)9-18)20-16(11,2)13-6-4-3-5-7-13/h3-17,38-39H,18-21H2,1H3;1-8,13,19-20H,9-12H2;3-7H,1-2H3/b13-10+,17-16+;6-3+;. The maximum atomic E-state index is 10.6. The second-order valence-electron chi connectivity index (χ2n) is 18.5. The number of allylic oxidation sites excluding steroid dienone is 3. The Morgan fingerprint density at radius 2 is 0.928 bits per heavy atom. The zero-order valence-electron chi connectivity index (χ0n) is 45.8. The Hall–Kier alpha value is -9.89. The molecule has 0 spiro atoms. The monoisotopic (exact) mass is 1140 g/mol. The minimum absolute atomic E-state index is 0.00710. The van der Waals surface area contributed by atoms with Gasteiger partial charge < -0.3 is 39.7 Å². The Balaban J connectivity index is 0.000000221. The maximum absolute atomic E-state index is 10.6. The van der Waals surface area contributed by atoms with Crippen LogP contribution in [0.1, 0.15) is 67.3 Å². The third-order valence-corrected chi connectivity index (χ3v) is 15.4. The summed E-state index contributed by atoms with van der Waals surface area (Å²) < 4.78 is 12.0. The lowest BCUT2D eigenvalue weighted by molar-refractivity contribution is 0.0728. The van der Waals surface area contributed by atoms with E-state index in [1.54, 1.807) is 30.4 Å². The van der Waals surface area contributed by atoms with Crippen molar-refractivity contribution < 1.29 is 34.7 Å². The average Bonchev–Trinajstić information content (AvgIpc) is 4.52. The van der Waals surface area contributed by atoms with Crippen molar-refractivity contribution >= 4 is 70.7 Å². The molecule has 2 atom stereocenters. The van der Waals surface area contributed by atoms with Crippen molar-refractivity contribution in [2.75, 3.05) is 62.4 Å². The van der Waals surface area contributed by atoms with Gasteiger partial charge in [-0.1, -0.05) is 103 Å². The number of anilines is 2. The molecule has 0 saturated heterocycles. The van der Waals surface area contributed by atoms with Gasteiger partial charge in [-0.25, -0.2) is 4.85 Å². The number of benzene rings is 4. The molecule has 0 aliphatic carbocycles. The van der Waals surface area contributed by atoms with Crippen LogP contribution < -0.4 is 9.80 Å². The van der Waals surface area contributed by atoms with Crippen molar-refractivity contribution in [1.29, 1.82) is 26.3 Å². The van der Waals surface area contributed by atoms with Gasteiger partial charge in [0.1, 0.15) is 35.9 Å². The Morgan fingerprint density at radius 1 is 0.542 bits per heavy atom. The van der Waals surface area contributed by atoms with Gasteiger partial charge in [0.2, 0.25) is 5.70 Å². The summed E-state index contributed by atoms with van der Waals surface area (Å²) in [6.07, 6.45) is 12.6. The smallest absolute Gasteiger partial charge is 0.237 e. The lowest BCUT2D eigenvalue weighted by Crippen LogP contribution is -2.29. The fourth-order valence-corrected chi connectivity index (χ4v) is 10.4. The minimum Gasteiger partial charge on any atom is -0.488 e. The number of ether oxygens (including phenoxy) is 2. The summed E-state index contributed by atoms with van der Waals surface area (Å²) in [6, 6.07) is 51.7. The number of aliphatic hydroxyl groups excluding tert-OH is 4. The van der Waals surface area contributed by atoms with Crippen molar-refractivity contribution in [2.45, 2.75) is 32.0 Å². The Labute approximate surface area is 491 Å². The quantitative estimate of drug-likeness (QED) is 0.0335. The molecule has 15 nitrogen and oxygen atoms in total. The van der Waals surface area contributed by atoms with Gasteiger partial charge in [-0.2, -0.15) is 26.3 Å². The van der Waals surface area contributed by atoms with Crippen LogP contribution in [0.15, 0.2) is 185 Å². The number of hydrogen-bond acceptors (Lipinski definition) is 16. The van der Waals surface area contributed by atoms with Crippen molar-refractivity contribution in [3.05, 3.63) is 238 Å². The summed E-state index contributed by atoms with van der Waals surface area (Å²) in [7, 11) is 0. The number of carbonyl (C=O) groups excluding carboxylic acids is 1. The molecular weight excluding hydrogens is 1080 g/mol. The van der Waals surface area contributed by atoms with Crippen LogP contribution in [0.3, 0.4) is 0 Å². The molecule has 4 N–H and O–H groups in total. The molecule has 416 valence electrons. The van der Waals surface area contributed by atoms with Gasteiger partial charge in [0.05, 0.1) is 43.4 Å². The summed E-state index contributed by atoms with van der Waals surface area (Å²) in [5, 5.41) is 82.8. The van der Waals surface area contributed by atoms with E-state index in [9.17, 15) is 30.8 Å². The highest BCUT2D eigenvalue weighted by Gasteiger charge is 2.44. The van der Waals surface area contributed by atoms with E-state index in [0.717, 1.165) is 59.4 Å². The molecule has 6 aromatic rings. The lowest BCUT2D eigenvalue weighted by Gasteiger charge is -2.28. The number of thiophene rings is 2. The molecule has 17 heteroatoms. The first kappa shape index (κ1) is 62.3. The molecule has 8 rings (SSSR count). The van der Waals surface area contributed by atoms with Crippen LogP contribution in [0.2, 0.25) is 0 Å². The highest BCUT2D eigenvalue weighted by atomic mass is 32.1. The number of hydrogen-bond donors (Lipinski definition) is 4. The van der Waals surface area contributed by atoms with E-state index in [1.807, 2.05) is 212 Å². The molecule has 0 radical (unpaired) electrons. The van der Waals surface area contributed by atoms with Gasteiger partial charge in [-0.3, -0.25) is 4.79 Å². The molecule has 2 aromatic heterocycles.